The second-order valence-electron chi connectivity index (χ2n) is 2.69. The maximum atomic E-state index is 12.8. The normalized spacial score (nSPS) is 10.9. The minimum atomic E-state index is -0.264. The number of hydrogen-bond acceptors (Lipinski definition) is 2. The molecule has 0 spiro atoms. The fourth-order valence-electron chi connectivity index (χ4n) is 0.975. The van der Waals surface area contributed by atoms with Gasteiger partial charge in [-0.3, -0.25) is 0 Å². The summed E-state index contributed by atoms with van der Waals surface area (Å²) in [6.45, 7) is 0. The molecule has 0 saturated carbocycles. The van der Waals surface area contributed by atoms with Gasteiger partial charge in [0.1, 0.15) is 5.82 Å². The van der Waals surface area contributed by atoms with E-state index in [1.54, 1.807) is 6.07 Å². The molecule has 0 aliphatic heterocycles. The minimum Gasteiger partial charge on any atom is -0.398 e. The van der Waals surface area contributed by atoms with Crippen molar-refractivity contribution in [2.24, 2.45) is 0 Å². The second kappa shape index (κ2) is 4.92. The van der Waals surface area contributed by atoms with Crippen LogP contribution in [0, 0.1) is 5.82 Å². The minimum absolute atomic E-state index is 0.264. The van der Waals surface area contributed by atoms with Gasteiger partial charge in [-0.2, -0.15) is 12.6 Å². The number of anilines is 1. The lowest BCUT2D eigenvalue weighted by atomic mass is 10.1. The Labute approximate surface area is 82.9 Å². The number of halogens is 1. The fourth-order valence-corrected chi connectivity index (χ4v) is 1.12. The molecule has 3 heteroatoms. The Morgan fingerprint density at radius 3 is 2.92 bits per heavy atom. The van der Waals surface area contributed by atoms with Crippen molar-refractivity contribution in [1.29, 1.82) is 0 Å². The predicted octanol–water partition coefficient (Wildman–Crippen LogP) is 2.74. The van der Waals surface area contributed by atoms with Crippen molar-refractivity contribution in [3.63, 3.8) is 0 Å². The molecule has 0 fully saturated rings. The third kappa shape index (κ3) is 3.11. The summed E-state index contributed by atoms with van der Waals surface area (Å²) in [6, 6.07) is 4.34. The molecule has 0 atom stereocenters. The Kier molecular flexibility index (Phi) is 3.83. The van der Waals surface area contributed by atoms with Crippen molar-refractivity contribution in [2.75, 3.05) is 11.5 Å². The van der Waals surface area contributed by atoms with Gasteiger partial charge < -0.3 is 5.73 Å². The molecular formula is C10H12FNS. The van der Waals surface area contributed by atoms with Crippen molar-refractivity contribution in [1.82, 2.24) is 0 Å². The molecule has 2 N–H and O–H groups in total. The first-order valence-corrected chi connectivity index (χ1v) is 4.69. The molecule has 70 valence electrons. The van der Waals surface area contributed by atoms with Gasteiger partial charge in [0, 0.05) is 5.69 Å². The number of hydrogen-bond donors (Lipinski definition) is 2. The highest BCUT2D eigenvalue weighted by molar-refractivity contribution is 7.80. The van der Waals surface area contributed by atoms with Crippen LogP contribution < -0.4 is 5.73 Å². The van der Waals surface area contributed by atoms with Gasteiger partial charge in [-0.05, 0) is 35.9 Å². The summed E-state index contributed by atoms with van der Waals surface area (Å²) < 4.78 is 12.8. The van der Waals surface area contributed by atoms with Crippen LogP contribution in [0.3, 0.4) is 0 Å². The second-order valence-corrected chi connectivity index (χ2v) is 3.14. The van der Waals surface area contributed by atoms with Gasteiger partial charge in [0.25, 0.3) is 0 Å². The van der Waals surface area contributed by atoms with Crippen molar-refractivity contribution in [3.8, 4) is 0 Å². The summed E-state index contributed by atoms with van der Waals surface area (Å²) in [5.41, 5.74) is 6.95. The van der Waals surface area contributed by atoms with Crippen molar-refractivity contribution >= 4 is 24.4 Å². The third-order valence-corrected chi connectivity index (χ3v) is 1.90. The van der Waals surface area contributed by atoms with Crippen LogP contribution in [0.1, 0.15) is 12.0 Å². The van der Waals surface area contributed by atoms with Crippen LogP contribution in [0.2, 0.25) is 0 Å². The Bertz CT molecular complexity index is 310. The van der Waals surface area contributed by atoms with E-state index in [1.807, 2.05) is 12.2 Å². The topological polar surface area (TPSA) is 26.0 Å². The number of nitrogens with two attached hydrogens (primary N) is 1. The smallest absolute Gasteiger partial charge is 0.123 e. The van der Waals surface area contributed by atoms with Crippen LogP contribution in [-0.4, -0.2) is 5.75 Å². The molecule has 0 aliphatic rings. The van der Waals surface area contributed by atoms with Crippen LogP contribution >= 0.6 is 12.6 Å². The maximum Gasteiger partial charge on any atom is 0.123 e. The molecule has 0 heterocycles. The highest BCUT2D eigenvalue weighted by atomic mass is 32.1. The lowest BCUT2D eigenvalue weighted by Crippen LogP contribution is -1.89. The van der Waals surface area contributed by atoms with E-state index >= 15 is 0 Å². The molecule has 0 unspecified atom stereocenters. The van der Waals surface area contributed by atoms with E-state index in [9.17, 15) is 4.39 Å². The zero-order valence-electron chi connectivity index (χ0n) is 7.20. The number of allylic oxidation sites excluding steroid dienone is 1. The molecule has 1 aromatic rings. The van der Waals surface area contributed by atoms with E-state index in [2.05, 4.69) is 12.6 Å². The molecule has 0 saturated heterocycles. The molecular weight excluding hydrogens is 185 g/mol. The van der Waals surface area contributed by atoms with Crippen LogP contribution in [0.5, 0.6) is 0 Å². The fraction of sp³-hybridized carbons (Fsp3) is 0.200. The summed E-state index contributed by atoms with van der Waals surface area (Å²) in [5, 5.41) is 0. The van der Waals surface area contributed by atoms with Gasteiger partial charge in [-0.1, -0.05) is 12.2 Å². The molecule has 0 radical (unpaired) electrons. The van der Waals surface area contributed by atoms with Gasteiger partial charge in [-0.25, -0.2) is 4.39 Å². The summed E-state index contributed by atoms with van der Waals surface area (Å²) >= 11 is 4.06. The van der Waals surface area contributed by atoms with Crippen molar-refractivity contribution < 1.29 is 4.39 Å². The van der Waals surface area contributed by atoms with E-state index in [4.69, 9.17) is 5.73 Å². The SMILES string of the molecule is Nc1ccc(F)cc1C=CCCS. The van der Waals surface area contributed by atoms with Crippen LogP contribution in [0.15, 0.2) is 24.3 Å². The monoisotopic (exact) mass is 197 g/mol. The first kappa shape index (κ1) is 10.1. The van der Waals surface area contributed by atoms with Gasteiger partial charge in [0.15, 0.2) is 0 Å². The summed E-state index contributed by atoms with van der Waals surface area (Å²) in [4.78, 5) is 0. The van der Waals surface area contributed by atoms with Crippen molar-refractivity contribution in [3.05, 3.63) is 35.7 Å². The van der Waals surface area contributed by atoms with Crippen LogP contribution in [0.4, 0.5) is 10.1 Å². The number of benzene rings is 1. The first-order chi connectivity index (χ1) is 6.24. The standard InChI is InChI=1S/C10H12FNS/c11-9-4-5-10(12)8(7-9)3-1-2-6-13/h1,3-5,7,13H,2,6,12H2. The van der Waals surface area contributed by atoms with E-state index in [0.717, 1.165) is 17.7 Å². The lowest BCUT2D eigenvalue weighted by Gasteiger charge is -1.99. The third-order valence-electron chi connectivity index (χ3n) is 1.64. The average Bonchev–Trinajstić information content (AvgIpc) is 2.11. The number of thiol groups is 1. The predicted molar refractivity (Wildman–Crippen MR) is 58.3 cm³/mol. The molecule has 1 nitrogen and oxygen atoms in total. The van der Waals surface area contributed by atoms with Crippen LogP contribution in [0.25, 0.3) is 6.08 Å². The first-order valence-electron chi connectivity index (χ1n) is 4.06. The van der Waals surface area contributed by atoms with Crippen LogP contribution in [-0.2, 0) is 0 Å². The summed E-state index contributed by atoms with van der Waals surface area (Å²) in [5.74, 6) is 0.519. The van der Waals surface area contributed by atoms with E-state index in [1.165, 1.54) is 12.1 Å². The molecule has 0 aliphatic carbocycles. The Morgan fingerprint density at radius 2 is 2.23 bits per heavy atom. The molecule has 1 aromatic carbocycles. The van der Waals surface area contributed by atoms with Gasteiger partial charge in [-0.15, -0.1) is 0 Å². The summed E-state index contributed by atoms with van der Waals surface area (Å²) in [6.07, 6.45) is 4.60. The maximum absolute atomic E-state index is 12.8. The zero-order valence-corrected chi connectivity index (χ0v) is 8.10. The van der Waals surface area contributed by atoms with Gasteiger partial charge in [0.2, 0.25) is 0 Å². The number of nitrogen functional groups attached to an aromatic ring is 1. The highest BCUT2D eigenvalue weighted by Gasteiger charge is 1.96. The average molecular weight is 197 g/mol. The van der Waals surface area contributed by atoms with Gasteiger partial charge >= 0.3 is 0 Å². The molecule has 0 bridgehead atoms. The zero-order chi connectivity index (χ0) is 9.68. The lowest BCUT2D eigenvalue weighted by molar-refractivity contribution is 0.628. The van der Waals surface area contributed by atoms with E-state index in [0.29, 0.717) is 5.69 Å². The Balaban J connectivity index is 2.81. The Morgan fingerprint density at radius 1 is 1.46 bits per heavy atom. The van der Waals surface area contributed by atoms with E-state index < -0.39 is 0 Å². The van der Waals surface area contributed by atoms with Gasteiger partial charge in [0.05, 0.1) is 0 Å². The molecule has 0 amide bonds. The quantitative estimate of drug-likeness (QED) is 0.565. The molecule has 13 heavy (non-hydrogen) atoms. The highest BCUT2D eigenvalue weighted by Crippen LogP contribution is 2.15. The van der Waals surface area contributed by atoms with Crippen molar-refractivity contribution in [2.45, 2.75) is 6.42 Å². The largest absolute Gasteiger partial charge is 0.398 e. The summed E-state index contributed by atoms with van der Waals surface area (Å²) in [7, 11) is 0. The number of rotatable bonds is 3. The van der Waals surface area contributed by atoms with E-state index in [-0.39, 0.29) is 5.82 Å². The Hall–Kier alpha value is -0.960. The molecule has 0 aromatic heterocycles. The molecule has 1 rings (SSSR count).